The highest BCUT2D eigenvalue weighted by atomic mass is 16.5. The first-order valence-electron chi connectivity index (χ1n) is 7.98. The number of nitrogens with one attached hydrogen (secondary N) is 2. The Morgan fingerprint density at radius 3 is 2.25 bits per heavy atom. The number of carbonyl (C=O) groups excluding carboxylic acids is 1. The number of benzene rings is 2. The summed E-state index contributed by atoms with van der Waals surface area (Å²) < 4.78 is 5.76. The number of amides is 2. The number of hydrogen-bond donors (Lipinski definition) is 2. The Labute approximate surface area is 143 Å². The molecule has 5 heteroatoms. The van der Waals surface area contributed by atoms with Crippen LogP contribution in [0.5, 0.6) is 5.75 Å². The predicted octanol–water partition coefficient (Wildman–Crippen LogP) is 3.57. The summed E-state index contributed by atoms with van der Waals surface area (Å²) in [7, 11) is 3.95. The average Bonchev–Trinajstić information content (AvgIpc) is 2.54. The monoisotopic (exact) mass is 327 g/mol. The van der Waals surface area contributed by atoms with Crippen molar-refractivity contribution in [3.8, 4) is 5.75 Å². The van der Waals surface area contributed by atoms with Gasteiger partial charge in [0, 0.05) is 25.5 Å². The topological polar surface area (TPSA) is 53.6 Å². The molecule has 0 aliphatic heterocycles. The van der Waals surface area contributed by atoms with Crippen LogP contribution in [0.3, 0.4) is 0 Å². The van der Waals surface area contributed by atoms with Crippen LogP contribution in [0.4, 0.5) is 16.2 Å². The molecule has 0 aliphatic carbocycles. The largest absolute Gasteiger partial charge is 0.491 e. The van der Waals surface area contributed by atoms with Gasteiger partial charge in [0.1, 0.15) is 12.4 Å². The minimum Gasteiger partial charge on any atom is -0.491 e. The molecule has 0 unspecified atom stereocenters. The third-order valence-electron chi connectivity index (χ3n) is 3.68. The molecule has 0 fully saturated rings. The van der Waals surface area contributed by atoms with Gasteiger partial charge in [-0.05, 0) is 49.2 Å². The minimum atomic E-state index is -0.238. The van der Waals surface area contributed by atoms with Crippen molar-refractivity contribution in [2.75, 3.05) is 37.5 Å². The number of rotatable bonds is 6. The SMILES string of the molecule is Cc1cccc(C)c1OCCNC(=O)Nc1ccc(N(C)C)cc1. The average molecular weight is 327 g/mol. The lowest BCUT2D eigenvalue weighted by Crippen LogP contribution is -2.32. The van der Waals surface area contributed by atoms with Crippen LogP contribution in [0.25, 0.3) is 0 Å². The maximum atomic E-state index is 11.9. The van der Waals surface area contributed by atoms with Gasteiger partial charge < -0.3 is 20.3 Å². The van der Waals surface area contributed by atoms with E-state index in [1.54, 1.807) is 0 Å². The van der Waals surface area contributed by atoms with Gasteiger partial charge in [0.25, 0.3) is 0 Å². The first kappa shape index (κ1) is 17.7. The van der Waals surface area contributed by atoms with Crippen LogP contribution >= 0.6 is 0 Å². The lowest BCUT2D eigenvalue weighted by Gasteiger charge is -2.14. The van der Waals surface area contributed by atoms with E-state index in [-0.39, 0.29) is 6.03 Å². The van der Waals surface area contributed by atoms with E-state index in [1.165, 1.54) is 0 Å². The van der Waals surface area contributed by atoms with Gasteiger partial charge in [-0.2, -0.15) is 0 Å². The van der Waals surface area contributed by atoms with E-state index < -0.39 is 0 Å². The van der Waals surface area contributed by atoms with Crippen LogP contribution in [-0.2, 0) is 0 Å². The van der Waals surface area contributed by atoms with E-state index >= 15 is 0 Å². The number of urea groups is 1. The summed E-state index contributed by atoms with van der Waals surface area (Å²) >= 11 is 0. The molecule has 0 heterocycles. The van der Waals surface area contributed by atoms with Crippen molar-refractivity contribution in [2.24, 2.45) is 0 Å². The Balaban J connectivity index is 1.75. The molecule has 5 nitrogen and oxygen atoms in total. The summed E-state index contributed by atoms with van der Waals surface area (Å²) in [4.78, 5) is 13.9. The van der Waals surface area contributed by atoms with Crippen LogP contribution in [-0.4, -0.2) is 33.3 Å². The number of carbonyl (C=O) groups is 1. The second-order valence-corrected chi connectivity index (χ2v) is 5.89. The summed E-state index contributed by atoms with van der Waals surface area (Å²) in [5.74, 6) is 0.888. The van der Waals surface area contributed by atoms with E-state index in [9.17, 15) is 4.79 Å². The van der Waals surface area contributed by atoms with E-state index in [0.717, 1.165) is 28.3 Å². The summed E-state index contributed by atoms with van der Waals surface area (Å²) in [6.45, 7) is 4.90. The number of nitrogens with zero attached hydrogens (tertiary/aromatic N) is 1. The van der Waals surface area contributed by atoms with Gasteiger partial charge >= 0.3 is 6.03 Å². The van der Waals surface area contributed by atoms with Gasteiger partial charge in [0.15, 0.2) is 0 Å². The molecule has 0 radical (unpaired) electrons. The van der Waals surface area contributed by atoms with Crippen molar-refractivity contribution >= 4 is 17.4 Å². The zero-order valence-corrected chi connectivity index (χ0v) is 14.7. The Hall–Kier alpha value is -2.69. The molecule has 2 aromatic rings. The molecular weight excluding hydrogens is 302 g/mol. The van der Waals surface area contributed by atoms with Gasteiger partial charge in [-0.15, -0.1) is 0 Å². The normalized spacial score (nSPS) is 10.2. The maximum Gasteiger partial charge on any atom is 0.319 e. The summed E-state index contributed by atoms with van der Waals surface area (Å²) in [6.07, 6.45) is 0. The molecule has 0 bridgehead atoms. The quantitative estimate of drug-likeness (QED) is 0.798. The molecular formula is C19H25N3O2. The number of para-hydroxylation sites is 1. The molecule has 0 aromatic heterocycles. The zero-order valence-electron chi connectivity index (χ0n) is 14.7. The predicted molar refractivity (Wildman–Crippen MR) is 99.2 cm³/mol. The van der Waals surface area contributed by atoms with Crippen molar-refractivity contribution in [3.05, 3.63) is 53.6 Å². The van der Waals surface area contributed by atoms with E-state index in [4.69, 9.17) is 4.74 Å². The van der Waals surface area contributed by atoms with Crippen LogP contribution in [0.15, 0.2) is 42.5 Å². The van der Waals surface area contributed by atoms with E-state index in [1.807, 2.05) is 75.3 Å². The standard InChI is InChI=1S/C19H25N3O2/c1-14-6-5-7-15(2)18(14)24-13-12-20-19(23)21-16-8-10-17(11-9-16)22(3)4/h5-11H,12-13H2,1-4H3,(H2,20,21,23). The fourth-order valence-corrected chi connectivity index (χ4v) is 2.36. The fourth-order valence-electron chi connectivity index (χ4n) is 2.36. The highest BCUT2D eigenvalue weighted by Crippen LogP contribution is 2.21. The minimum absolute atomic E-state index is 0.238. The third kappa shape index (κ3) is 4.91. The Morgan fingerprint density at radius 1 is 1.04 bits per heavy atom. The van der Waals surface area contributed by atoms with Gasteiger partial charge in [-0.25, -0.2) is 4.79 Å². The fraction of sp³-hybridized carbons (Fsp3) is 0.316. The zero-order chi connectivity index (χ0) is 17.5. The van der Waals surface area contributed by atoms with Crippen LogP contribution in [0, 0.1) is 13.8 Å². The Bertz CT molecular complexity index is 661. The van der Waals surface area contributed by atoms with Gasteiger partial charge in [0.05, 0.1) is 6.54 Å². The molecule has 2 rings (SSSR count). The van der Waals surface area contributed by atoms with Gasteiger partial charge in [-0.1, -0.05) is 18.2 Å². The molecule has 0 aliphatic rings. The lowest BCUT2D eigenvalue weighted by atomic mass is 10.1. The Morgan fingerprint density at radius 2 is 1.67 bits per heavy atom. The smallest absolute Gasteiger partial charge is 0.319 e. The molecule has 0 saturated carbocycles. The van der Waals surface area contributed by atoms with E-state index in [2.05, 4.69) is 10.6 Å². The molecule has 24 heavy (non-hydrogen) atoms. The summed E-state index contributed by atoms with van der Waals surface area (Å²) in [5.41, 5.74) is 4.04. The lowest BCUT2D eigenvalue weighted by molar-refractivity contribution is 0.247. The highest BCUT2D eigenvalue weighted by Gasteiger charge is 2.04. The molecule has 2 aromatic carbocycles. The first-order valence-corrected chi connectivity index (χ1v) is 7.98. The Kier molecular flexibility index (Phi) is 6.07. The number of anilines is 2. The van der Waals surface area contributed by atoms with Crippen molar-refractivity contribution in [1.82, 2.24) is 5.32 Å². The molecule has 2 amide bonds. The second-order valence-electron chi connectivity index (χ2n) is 5.89. The van der Waals surface area contributed by atoms with E-state index in [0.29, 0.717) is 13.2 Å². The highest BCUT2D eigenvalue weighted by molar-refractivity contribution is 5.89. The van der Waals surface area contributed by atoms with Gasteiger partial charge in [0.2, 0.25) is 0 Å². The van der Waals surface area contributed by atoms with Crippen molar-refractivity contribution in [2.45, 2.75) is 13.8 Å². The number of hydrogen-bond acceptors (Lipinski definition) is 3. The summed E-state index contributed by atoms with van der Waals surface area (Å²) in [6, 6.07) is 13.5. The molecule has 0 spiro atoms. The van der Waals surface area contributed by atoms with Crippen LogP contribution in [0.1, 0.15) is 11.1 Å². The molecule has 0 saturated heterocycles. The van der Waals surface area contributed by atoms with Crippen molar-refractivity contribution < 1.29 is 9.53 Å². The van der Waals surface area contributed by atoms with Crippen LogP contribution < -0.4 is 20.3 Å². The first-order chi connectivity index (χ1) is 11.5. The molecule has 0 atom stereocenters. The molecule has 128 valence electrons. The van der Waals surface area contributed by atoms with Crippen molar-refractivity contribution in [1.29, 1.82) is 0 Å². The number of ether oxygens (including phenoxy) is 1. The number of aryl methyl sites for hydroxylation is 2. The van der Waals surface area contributed by atoms with Gasteiger partial charge in [-0.3, -0.25) is 0 Å². The third-order valence-corrected chi connectivity index (χ3v) is 3.68. The second kappa shape index (κ2) is 8.24. The summed E-state index contributed by atoms with van der Waals surface area (Å²) in [5, 5.41) is 5.60. The molecule has 2 N–H and O–H groups in total. The van der Waals surface area contributed by atoms with Crippen LogP contribution in [0.2, 0.25) is 0 Å². The maximum absolute atomic E-state index is 11.9. The van der Waals surface area contributed by atoms with Crippen molar-refractivity contribution in [3.63, 3.8) is 0 Å².